The lowest BCUT2D eigenvalue weighted by Crippen LogP contribution is -2.03. The number of benzene rings is 1. The summed E-state index contributed by atoms with van der Waals surface area (Å²) in [5.41, 5.74) is 2.08. The Bertz CT molecular complexity index is 482. The Hall–Kier alpha value is -2.10. The van der Waals surface area contributed by atoms with Gasteiger partial charge in [0.1, 0.15) is 11.6 Å². The van der Waals surface area contributed by atoms with Crippen LogP contribution in [0, 0.1) is 6.92 Å². The summed E-state index contributed by atoms with van der Waals surface area (Å²) < 4.78 is 5.11. The number of methoxy groups -OCH3 is 1. The molecule has 88 valence electrons. The summed E-state index contributed by atoms with van der Waals surface area (Å²) in [6.07, 6.45) is 3.37. The van der Waals surface area contributed by atoms with Crippen LogP contribution in [0.5, 0.6) is 5.75 Å². The zero-order chi connectivity index (χ0) is 12.1. The van der Waals surface area contributed by atoms with Gasteiger partial charge in [-0.25, -0.2) is 4.98 Å². The van der Waals surface area contributed by atoms with Gasteiger partial charge >= 0.3 is 0 Å². The van der Waals surface area contributed by atoms with E-state index in [1.165, 1.54) is 5.56 Å². The second-order valence-electron chi connectivity index (χ2n) is 3.69. The van der Waals surface area contributed by atoms with E-state index in [9.17, 15) is 0 Å². The van der Waals surface area contributed by atoms with Crippen molar-refractivity contribution in [3.63, 3.8) is 0 Å². The highest BCUT2D eigenvalue weighted by Gasteiger charge is 1.99. The molecular weight excluding hydrogens is 214 g/mol. The number of hydrogen-bond acceptors (Lipinski definition) is 4. The van der Waals surface area contributed by atoms with Crippen LogP contribution in [0.1, 0.15) is 11.3 Å². The van der Waals surface area contributed by atoms with Crippen molar-refractivity contribution < 1.29 is 4.74 Å². The molecular formula is C13H15N3O. The zero-order valence-electron chi connectivity index (χ0n) is 9.97. The van der Waals surface area contributed by atoms with E-state index in [0.717, 1.165) is 23.8 Å². The summed E-state index contributed by atoms with van der Waals surface area (Å²) in [5.74, 6) is 1.69. The predicted octanol–water partition coefficient (Wildman–Crippen LogP) is 2.41. The lowest BCUT2D eigenvalue weighted by molar-refractivity contribution is 0.414. The average molecular weight is 229 g/mol. The van der Waals surface area contributed by atoms with Gasteiger partial charge in [0.05, 0.1) is 12.8 Å². The molecule has 4 nitrogen and oxygen atoms in total. The fourth-order valence-corrected chi connectivity index (χ4v) is 1.51. The average Bonchev–Trinajstić information content (AvgIpc) is 2.38. The number of rotatable bonds is 4. The number of hydrogen-bond donors (Lipinski definition) is 1. The van der Waals surface area contributed by atoms with E-state index in [1.807, 2.05) is 31.2 Å². The Labute approximate surface area is 101 Å². The van der Waals surface area contributed by atoms with E-state index in [1.54, 1.807) is 19.5 Å². The van der Waals surface area contributed by atoms with E-state index in [-0.39, 0.29) is 0 Å². The van der Waals surface area contributed by atoms with Gasteiger partial charge in [0, 0.05) is 18.9 Å². The first-order valence-electron chi connectivity index (χ1n) is 5.44. The summed E-state index contributed by atoms with van der Waals surface area (Å²) in [5, 5.41) is 3.25. The van der Waals surface area contributed by atoms with Crippen LogP contribution in [0.3, 0.4) is 0 Å². The zero-order valence-corrected chi connectivity index (χ0v) is 9.97. The van der Waals surface area contributed by atoms with Gasteiger partial charge in [0.25, 0.3) is 0 Å². The van der Waals surface area contributed by atoms with Gasteiger partial charge in [0.15, 0.2) is 0 Å². The van der Waals surface area contributed by atoms with E-state index in [4.69, 9.17) is 4.74 Å². The Balaban J connectivity index is 2.00. The first kappa shape index (κ1) is 11.4. The van der Waals surface area contributed by atoms with Crippen LogP contribution in [-0.4, -0.2) is 17.1 Å². The Morgan fingerprint density at radius 3 is 2.47 bits per heavy atom. The van der Waals surface area contributed by atoms with Crippen LogP contribution >= 0.6 is 0 Å². The summed E-state index contributed by atoms with van der Waals surface area (Å²) in [7, 11) is 1.66. The van der Waals surface area contributed by atoms with Crippen LogP contribution < -0.4 is 10.1 Å². The van der Waals surface area contributed by atoms with Gasteiger partial charge in [0.2, 0.25) is 0 Å². The van der Waals surface area contributed by atoms with Crippen molar-refractivity contribution >= 4 is 5.82 Å². The lowest BCUT2D eigenvalue weighted by Gasteiger charge is -2.07. The maximum atomic E-state index is 5.11. The predicted molar refractivity (Wildman–Crippen MR) is 67.1 cm³/mol. The molecule has 1 heterocycles. The van der Waals surface area contributed by atoms with Crippen molar-refractivity contribution in [3.05, 3.63) is 47.9 Å². The first-order chi connectivity index (χ1) is 8.29. The molecule has 4 heteroatoms. The molecule has 0 amide bonds. The topological polar surface area (TPSA) is 47.0 Å². The third-order valence-electron chi connectivity index (χ3n) is 2.50. The second-order valence-corrected chi connectivity index (χ2v) is 3.69. The number of nitrogens with zero attached hydrogens (tertiary/aromatic N) is 2. The van der Waals surface area contributed by atoms with Gasteiger partial charge in [-0.2, -0.15) is 0 Å². The molecule has 0 bridgehead atoms. The van der Waals surface area contributed by atoms with Gasteiger partial charge < -0.3 is 10.1 Å². The molecule has 0 aliphatic carbocycles. The number of aryl methyl sites for hydroxylation is 1. The highest BCUT2D eigenvalue weighted by molar-refractivity contribution is 5.39. The van der Waals surface area contributed by atoms with Crippen molar-refractivity contribution in [1.82, 2.24) is 9.97 Å². The van der Waals surface area contributed by atoms with E-state index < -0.39 is 0 Å². The first-order valence-corrected chi connectivity index (χ1v) is 5.44. The Kier molecular flexibility index (Phi) is 3.55. The molecule has 1 aromatic heterocycles. The van der Waals surface area contributed by atoms with Crippen molar-refractivity contribution in [3.8, 4) is 5.75 Å². The smallest absolute Gasteiger partial charge is 0.147 e. The molecule has 1 aromatic carbocycles. The fraction of sp³-hybridized carbons (Fsp3) is 0.231. The molecule has 2 rings (SSSR count). The van der Waals surface area contributed by atoms with E-state index in [0.29, 0.717) is 0 Å². The lowest BCUT2D eigenvalue weighted by atomic mass is 10.2. The van der Waals surface area contributed by atoms with Gasteiger partial charge in [-0.15, -0.1) is 0 Å². The van der Waals surface area contributed by atoms with E-state index in [2.05, 4.69) is 15.3 Å². The minimum Gasteiger partial charge on any atom is -0.497 e. The SMILES string of the molecule is COc1ccc(CNc2nccnc2C)cc1. The molecule has 0 aliphatic heterocycles. The van der Waals surface area contributed by atoms with Crippen LogP contribution in [0.25, 0.3) is 0 Å². The number of nitrogens with one attached hydrogen (secondary N) is 1. The summed E-state index contributed by atoms with van der Waals surface area (Å²) >= 11 is 0. The highest BCUT2D eigenvalue weighted by atomic mass is 16.5. The monoisotopic (exact) mass is 229 g/mol. The molecule has 0 saturated carbocycles. The summed E-state index contributed by atoms with van der Waals surface area (Å²) in [6.45, 7) is 2.66. The quantitative estimate of drug-likeness (QED) is 0.874. The van der Waals surface area contributed by atoms with Gasteiger partial charge in [-0.1, -0.05) is 12.1 Å². The number of ether oxygens (including phenoxy) is 1. The highest BCUT2D eigenvalue weighted by Crippen LogP contribution is 2.13. The molecule has 1 N–H and O–H groups in total. The molecule has 0 atom stereocenters. The normalized spacial score (nSPS) is 10.0. The van der Waals surface area contributed by atoms with Crippen molar-refractivity contribution in [1.29, 1.82) is 0 Å². The minimum absolute atomic E-state index is 0.726. The largest absolute Gasteiger partial charge is 0.497 e. The molecule has 0 saturated heterocycles. The molecule has 0 radical (unpaired) electrons. The molecule has 17 heavy (non-hydrogen) atoms. The van der Waals surface area contributed by atoms with Crippen molar-refractivity contribution in [2.45, 2.75) is 13.5 Å². The molecule has 0 fully saturated rings. The van der Waals surface area contributed by atoms with Crippen molar-refractivity contribution in [2.24, 2.45) is 0 Å². The Morgan fingerprint density at radius 1 is 1.12 bits per heavy atom. The number of aromatic nitrogens is 2. The third kappa shape index (κ3) is 2.93. The maximum absolute atomic E-state index is 5.11. The standard InChI is InChI=1S/C13H15N3O/c1-10-13(15-8-7-14-10)16-9-11-3-5-12(17-2)6-4-11/h3-8H,9H2,1-2H3,(H,15,16). The van der Waals surface area contributed by atoms with Crippen LogP contribution in [0.15, 0.2) is 36.7 Å². The third-order valence-corrected chi connectivity index (χ3v) is 2.50. The minimum atomic E-state index is 0.726. The fourth-order valence-electron chi connectivity index (χ4n) is 1.51. The Morgan fingerprint density at radius 2 is 1.82 bits per heavy atom. The van der Waals surface area contributed by atoms with Crippen LogP contribution in [0.4, 0.5) is 5.82 Å². The van der Waals surface area contributed by atoms with Gasteiger partial charge in [-0.05, 0) is 24.6 Å². The number of anilines is 1. The maximum Gasteiger partial charge on any atom is 0.147 e. The summed E-state index contributed by atoms with van der Waals surface area (Å²) in [4.78, 5) is 8.40. The second kappa shape index (κ2) is 5.30. The van der Waals surface area contributed by atoms with Crippen LogP contribution in [-0.2, 0) is 6.54 Å². The summed E-state index contributed by atoms with van der Waals surface area (Å²) in [6, 6.07) is 7.94. The van der Waals surface area contributed by atoms with Crippen molar-refractivity contribution in [2.75, 3.05) is 12.4 Å². The molecule has 0 aliphatic rings. The molecule has 0 unspecified atom stereocenters. The molecule has 0 spiro atoms. The molecule has 2 aromatic rings. The van der Waals surface area contributed by atoms with E-state index >= 15 is 0 Å². The van der Waals surface area contributed by atoms with Gasteiger partial charge in [-0.3, -0.25) is 4.98 Å². The van der Waals surface area contributed by atoms with Crippen LogP contribution in [0.2, 0.25) is 0 Å².